The van der Waals surface area contributed by atoms with Crippen molar-refractivity contribution in [2.45, 2.75) is 9.79 Å². The maximum atomic E-state index is 13.3. The van der Waals surface area contributed by atoms with Crippen LogP contribution < -0.4 is 5.43 Å². The van der Waals surface area contributed by atoms with Crippen LogP contribution >= 0.6 is 0 Å². The van der Waals surface area contributed by atoms with Gasteiger partial charge in [-0.3, -0.25) is 4.79 Å². The van der Waals surface area contributed by atoms with E-state index in [4.69, 9.17) is 0 Å². The van der Waals surface area contributed by atoms with Gasteiger partial charge in [-0.25, -0.2) is 12.8 Å². The van der Waals surface area contributed by atoms with Crippen molar-refractivity contribution in [2.75, 3.05) is 0 Å². The molecule has 3 aromatic rings. The molecule has 6 nitrogen and oxygen atoms in total. The van der Waals surface area contributed by atoms with Gasteiger partial charge in [0.2, 0.25) is 15.3 Å². The number of hydrogen-bond acceptors (Lipinski definition) is 5. The number of pyridine rings is 1. The second-order valence-corrected chi connectivity index (χ2v) is 6.74. The number of aromatic nitrogens is 1. The van der Waals surface area contributed by atoms with Crippen LogP contribution in [0.5, 0.6) is 11.5 Å². The lowest BCUT2D eigenvalue weighted by molar-refractivity contribution is 0.402. The van der Waals surface area contributed by atoms with Crippen molar-refractivity contribution in [3.05, 3.63) is 58.6 Å². The molecular formula is C15H10FNO5S. The van der Waals surface area contributed by atoms with Crippen molar-refractivity contribution in [1.29, 1.82) is 0 Å². The smallest absolute Gasteiger partial charge is 0.212 e. The van der Waals surface area contributed by atoms with Crippen LogP contribution in [0, 0.1) is 5.82 Å². The molecule has 0 unspecified atom stereocenters. The van der Waals surface area contributed by atoms with Gasteiger partial charge in [-0.15, -0.1) is 0 Å². The third-order valence-corrected chi connectivity index (χ3v) is 5.11. The number of aromatic amines is 1. The normalized spacial score (nSPS) is 11.7. The van der Waals surface area contributed by atoms with E-state index in [1.807, 2.05) is 0 Å². The van der Waals surface area contributed by atoms with Gasteiger partial charge in [0.1, 0.15) is 10.7 Å². The van der Waals surface area contributed by atoms with Crippen LogP contribution in [0.3, 0.4) is 0 Å². The van der Waals surface area contributed by atoms with Crippen LogP contribution in [-0.4, -0.2) is 23.6 Å². The molecule has 0 amide bonds. The van der Waals surface area contributed by atoms with Crippen LogP contribution in [0.2, 0.25) is 0 Å². The summed E-state index contributed by atoms with van der Waals surface area (Å²) in [5.74, 6) is -1.78. The second-order valence-electron chi connectivity index (χ2n) is 4.83. The van der Waals surface area contributed by atoms with Crippen LogP contribution in [-0.2, 0) is 9.84 Å². The molecule has 118 valence electrons. The molecule has 0 aliphatic carbocycles. The van der Waals surface area contributed by atoms with Crippen molar-refractivity contribution in [3.63, 3.8) is 0 Å². The molecule has 1 aromatic heterocycles. The Morgan fingerprint density at radius 1 is 1.00 bits per heavy atom. The molecule has 1 heterocycles. The molecule has 0 saturated heterocycles. The summed E-state index contributed by atoms with van der Waals surface area (Å²) in [6.45, 7) is 0. The summed E-state index contributed by atoms with van der Waals surface area (Å²) in [6, 6.07) is 6.30. The lowest BCUT2D eigenvalue weighted by Gasteiger charge is -2.07. The van der Waals surface area contributed by atoms with E-state index < -0.39 is 37.5 Å². The first-order chi connectivity index (χ1) is 10.8. The topological polar surface area (TPSA) is 107 Å². The number of aromatic hydroxyl groups is 2. The highest BCUT2D eigenvalue weighted by atomic mass is 32.2. The van der Waals surface area contributed by atoms with Crippen molar-refractivity contribution in [3.8, 4) is 11.5 Å². The fourth-order valence-electron chi connectivity index (χ4n) is 2.17. The molecule has 0 radical (unpaired) electrons. The summed E-state index contributed by atoms with van der Waals surface area (Å²) >= 11 is 0. The Morgan fingerprint density at radius 2 is 1.74 bits per heavy atom. The molecule has 0 fully saturated rings. The molecule has 3 rings (SSSR count). The number of hydrogen-bond donors (Lipinski definition) is 3. The standard InChI is InChI=1S/C15H10FNO5S/c16-8-1-3-11-10(5-8)15(20)14(7-17-11)23(21,22)9-2-4-12(18)13(19)6-9/h1-7,18-19H,(H,17,20). The fraction of sp³-hybridized carbons (Fsp3) is 0. The number of sulfone groups is 1. The molecular weight excluding hydrogens is 325 g/mol. The van der Waals surface area contributed by atoms with E-state index in [0.29, 0.717) is 5.52 Å². The molecule has 0 spiro atoms. The van der Waals surface area contributed by atoms with Gasteiger partial charge in [0, 0.05) is 23.2 Å². The van der Waals surface area contributed by atoms with E-state index in [1.165, 1.54) is 6.07 Å². The maximum absolute atomic E-state index is 13.3. The lowest BCUT2D eigenvalue weighted by Crippen LogP contribution is -2.16. The van der Waals surface area contributed by atoms with E-state index in [0.717, 1.165) is 36.5 Å². The largest absolute Gasteiger partial charge is 0.504 e. The van der Waals surface area contributed by atoms with Crippen molar-refractivity contribution >= 4 is 20.7 Å². The van der Waals surface area contributed by atoms with Crippen molar-refractivity contribution in [1.82, 2.24) is 4.98 Å². The van der Waals surface area contributed by atoms with Crippen LogP contribution in [0.25, 0.3) is 10.9 Å². The van der Waals surface area contributed by atoms with Crippen molar-refractivity contribution < 1.29 is 23.0 Å². The van der Waals surface area contributed by atoms with Crippen LogP contribution in [0.15, 0.2) is 57.2 Å². The quantitative estimate of drug-likeness (QED) is 0.620. The van der Waals surface area contributed by atoms with E-state index in [2.05, 4.69) is 4.98 Å². The van der Waals surface area contributed by atoms with Crippen LogP contribution in [0.4, 0.5) is 4.39 Å². The molecule has 8 heteroatoms. The minimum absolute atomic E-state index is 0.103. The van der Waals surface area contributed by atoms with E-state index in [-0.39, 0.29) is 10.3 Å². The summed E-state index contributed by atoms with van der Waals surface area (Å²) < 4.78 is 38.4. The zero-order valence-corrected chi connectivity index (χ0v) is 12.3. The number of phenols is 2. The van der Waals surface area contributed by atoms with Gasteiger partial charge in [-0.2, -0.15) is 0 Å². The summed E-state index contributed by atoms with van der Waals surface area (Å²) in [5, 5.41) is 18.6. The van der Waals surface area contributed by atoms with Gasteiger partial charge in [0.25, 0.3) is 0 Å². The monoisotopic (exact) mass is 335 g/mol. The predicted octanol–water partition coefficient (Wildman–Crippen LogP) is 1.91. The van der Waals surface area contributed by atoms with Gasteiger partial charge < -0.3 is 15.2 Å². The fourth-order valence-corrected chi connectivity index (χ4v) is 3.50. The first-order valence-corrected chi connectivity index (χ1v) is 7.87. The molecule has 3 N–H and O–H groups in total. The number of H-pyrrole nitrogens is 1. The summed E-state index contributed by atoms with van der Waals surface area (Å²) in [7, 11) is -4.25. The van der Waals surface area contributed by atoms with Crippen LogP contribution in [0.1, 0.15) is 0 Å². The number of rotatable bonds is 2. The zero-order chi connectivity index (χ0) is 16.8. The Balaban J connectivity index is 2.28. The summed E-state index contributed by atoms with van der Waals surface area (Å²) in [4.78, 5) is 14.1. The van der Waals surface area contributed by atoms with Gasteiger partial charge >= 0.3 is 0 Å². The molecule has 0 saturated carbocycles. The Labute approximate surface area is 129 Å². The average Bonchev–Trinajstić information content (AvgIpc) is 2.50. The number of benzene rings is 2. The number of halogens is 1. The zero-order valence-electron chi connectivity index (χ0n) is 11.4. The van der Waals surface area contributed by atoms with Gasteiger partial charge in [-0.05, 0) is 30.3 Å². The number of nitrogens with one attached hydrogen (secondary N) is 1. The highest BCUT2D eigenvalue weighted by Crippen LogP contribution is 2.29. The Kier molecular flexibility index (Phi) is 3.33. The minimum Gasteiger partial charge on any atom is -0.504 e. The van der Waals surface area contributed by atoms with Gasteiger partial charge in [0.05, 0.1) is 4.90 Å². The summed E-state index contributed by atoms with van der Waals surface area (Å²) in [5.41, 5.74) is -0.560. The minimum atomic E-state index is -4.25. The number of phenolic OH excluding ortho intramolecular Hbond substituents is 2. The number of fused-ring (bicyclic) bond motifs is 1. The predicted molar refractivity (Wildman–Crippen MR) is 79.8 cm³/mol. The molecule has 2 aromatic carbocycles. The molecule has 0 bridgehead atoms. The third kappa shape index (κ3) is 2.42. The van der Waals surface area contributed by atoms with Gasteiger partial charge in [0.15, 0.2) is 11.5 Å². The molecule has 23 heavy (non-hydrogen) atoms. The molecule has 0 atom stereocenters. The maximum Gasteiger partial charge on any atom is 0.212 e. The van der Waals surface area contributed by atoms with E-state index in [9.17, 15) is 27.8 Å². The first-order valence-electron chi connectivity index (χ1n) is 6.39. The van der Waals surface area contributed by atoms with Gasteiger partial charge in [-0.1, -0.05) is 0 Å². The molecule has 0 aliphatic heterocycles. The SMILES string of the molecule is O=c1c(S(=O)(=O)c2ccc(O)c(O)c2)c[nH]c2ccc(F)cc12. The Bertz CT molecular complexity index is 1090. The highest BCUT2D eigenvalue weighted by Gasteiger charge is 2.23. The Hall–Kier alpha value is -2.87. The Morgan fingerprint density at radius 3 is 2.43 bits per heavy atom. The summed E-state index contributed by atoms with van der Waals surface area (Å²) in [6.07, 6.45) is 1.02. The van der Waals surface area contributed by atoms with Crippen molar-refractivity contribution in [2.24, 2.45) is 0 Å². The third-order valence-electron chi connectivity index (χ3n) is 3.36. The lowest BCUT2D eigenvalue weighted by atomic mass is 10.2. The highest BCUT2D eigenvalue weighted by molar-refractivity contribution is 7.91. The second kappa shape index (κ2) is 5.10. The van der Waals surface area contributed by atoms with E-state index >= 15 is 0 Å². The first kappa shape index (κ1) is 15.0. The molecule has 0 aliphatic rings. The average molecular weight is 335 g/mol. The van der Waals surface area contributed by atoms with E-state index in [1.54, 1.807) is 0 Å².